The molecule has 0 saturated carbocycles. The van der Waals surface area contributed by atoms with Crippen molar-refractivity contribution < 1.29 is 44.3 Å². The first-order valence-corrected chi connectivity index (χ1v) is 8.83. The zero-order chi connectivity index (χ0) is 24.5. The fraction of sp³-hybridized carbons (Fsp3) is 0.368. The molecule has 1 aromatic carbocycles. The summed E-state index contributed by atoms with van der Waals surface area (Å²) in [6, 6.07) is 1.14. The molecule has 0 N–H and O–H groups in total. The van der Waals surface area contributed by atoms with Crippen molar-refractivity contribution in [3.8, 4) is 5.88 Å². The molecule has 4 nitrogen and oxygen atoms in total. The van der Waals surface area contributed by atoms with Gasteiger partial charge in [0.15, 0.2) is 11.6 Å². The number of hydrogen-bond acceptors (Lipinski definition) is 3. The lowest BCUT2D eigenvalue weighted by molar-refractivity contribution is -0.143. The molecule has 2 aromatic rings. The van der Waals surface area contributed by atoms with E-state index in [0.717, 1.165) is 4.57 Å². The number of halogens is 9. The van der Waals surface area contributed by atoms with Gasteiger partial charge >= 0.3 is 18.5 Å². The average molecular weight is 473 g/mol. The number of benzene rings is 1. The molecule has 0 aliphatic rings. The van der Waals surface area contributed by atoms with Gasteiger partial charge < -0.3 is 4.74 Å². The zero-order valence-electron chi connectivity index (χ0n) is 16.6. The maximum atomic E-state index is 13.4. The first-order valence-electron chi connectivity index (χ1n) is 8.83. The number of hydrogen-bond donors (Lipinski definition) is 0. The van der Waals surface area contributed by atoms with E-state index in [2.05, 4.69) is 16.6 Å². The first kappa shape index (κ1) is 25.3. The van der Waals surface area contributed by atoms with Crippen LogP contribution >= 0.6 is 0 Å². The lowest BCUT2D eigenvalue weighted by atomic mass is 10.1. The normalized spacial score (nSPS) is 13.4. The predicted molar refractivity (Wildman–Crippen MR) is 94.9 cm³/mol. The topological polar surface area (TPSA) is 39.4 Å². The second-order valence-electron chi connectivity index (χ2n) is 6.61. The van der Waals surface area contributed by atoms with Gasteiger partial charge in [0.1, 0.15) is 6.61 Å². The van der Waals surface area contributed by atoms with Gasteiger partial charge in [-0.25, -0.2) is 9.98 Å². The van der Waals surface area contributed by atoms with Crippen LogP contribution in [-0.4, -0.2) is 16.2 Å². The number of alkyl halides is 9. The lowest BCUT2D eigenvalue weighted by Crippen LogP contribution is -2.29. The summed E-state index contributed by atoms with van der Waals surface area (Å²) < 4.78 is 125. The number of rotatable bonds is 5. The molecule has 0 saturated heterocycles. The Hall–Kier alpha value is -2.99. The molecule has 0 spiro atoms. The fourth-order valence-electron chi connectivity index (χ4n) is 2.48. The van der Waals surface area contributed by atoms with E-state index < -0.39 is 52.5 Å². The zero-order valence-corrected chi connectivity index (χ0v) is 16.6. The van der Waals surface area contributed by atoms with Crippen LogP contribution in [0.4, 0.5) is 45.2 Å². The monoisotopic (exact) mass is 473 g/mol. The van der Waals surface area contributed by atoms with Crippen LogP contribution in [0.2, 0.25) is 0 Å². The molecule has 0 bridgehead atoms. The van der Waals surface area contributed by atoms with E-state index in [0.29, 0.717) is 23.8 Å². The molecule has 2 rings (SSSR count). The van der Waals surface area contributed by atoms with E-state index in [-0.39, 0.29) is 19.2 Å². The molecule has 0 aliphatic carbocycles. The Labute approximate surface area is 175 Å². The number of ether oxygens (including phenoxy) is 1. The van der Waals surface area contributed by atoms with E-state index in [9.17, 15) is 39.5 Å². The quantitative estimate of drug-likeness (QED) is 0.386. The Morgan fingerprint density at radius 2 is 1.62 bits per heavy atom. The molecule has 1 aromatic heterocycles. The highest BCUT2D eigenvalue weighted by Crippen LogP contribution is 2.40. The van der Waals surface area contributed by atoms with Gasteiger partial charge in [0, 0.05) is 12.6 Å². The van der Waals surface area contributed by atoms with Crippen LogP contribution in [0.1, 0.15) is 30.7 Å². The van der Waals surface area contributed by atoms with Gasteiger partial charge in [-0.2, -0.15) is 39.5 Å². The third-order valence-corrected chi connectivity index (χ3v) is 3.91. The van der Waals surface area contributed by atoms with Crippen molar-refractivity contribution in [1.82, 2.24) is 9.55 Å². The van der Waals surface area contributed by atoms with Crippen molar-refractivity contribution in [1.29, 1.82) is 0 Å². The van der Waals surface area contributed by atoms with Crippen LogP contribution in [0, 0.1) is 0 Å². The average Bonchev–Trinajstić information content (AvgIpc) is 2.63. The van der Waals surface area contributed by atoms with E-state index in [1.807, 2.05) is 0 Å². The minimum Gasteiger partial charge on any atom is -0.474 e. The third-order valence-electron chi connectivity index (χ3n) is 3.91. The SMILES string of the molecule is C=C(C)COc1cc(C(F)(F)F)nc(=Nc2ccc(C(F)(F)F)cc2C(F)(F)F)n1CC. The minimum absolute atomic E-state index is 0.114. The Balaban J connectivity index is 2.84. The predicted octanol–water partition coefficient (Wildman–Crippen LogP) is 6.15. The summed E-state index contributed by atoms with van der Waals surface area (Å²) in [5.41, 5.74) is -6.29. The summed E-state index contributed by atoms with van der Waals surface area (Å²) in [5, 5.41) is 0. The molecular formula is C19H16F9N3O. The van der Waals surface area contributed by atoms with E-state index in [4.69, 9.17) is 4.74 Å². The molecule has 176 valence electrons. The first-order chi connectivity index (χ1) is 14.5. The largest absolute Gasteiger partial charge is 0.474 e. The minimum atomic E-state index is -5.27. The maximum Gasteiger partial charge on any atom is 0.433 e. The van der Waals surface area contributed by atoms with Gasteiger partial charge in [0.25, 0.3) is 0 Å². The molecule has 0 unspecified atom stereocenters. The standard InChI is InChI=1S/C19H16F9N3O/c1-4-31-15(32-9-10(2)3)8-14(19(26,27)28)30-16(31)29-13-6-5-11(17(20,21)22)7-12(13)18(23,24)25/h5-8H,2,4,9H2,1,3H3. The Morgan fingerprint density at radius 1 is 1.00 bits per heavy atom. The van der Waals surface area contributed by atoms with Crippen LogP contribution in [0.3, 0.4) is 0 Å². The van der Waals surface area contributed by atoms with Crippen molar-refractivity contribution in [3.05, 3.63) is 58.9 Å². The Kier molecular flexibility index (Phi) is 7.00. The van der Waals surface area contributed by atoms with Gasteiger partial charge in [-0.15, -0.1) is 0 Å². The molecule has 1 heterocycles. The Bertz CT molecular complexity index is 1060. The molecule has 0 amide bonds. The third kappa shape index (κ3) is 6.04. The fourth-order valence-corrected chi connectivity index (χ4v) is 2.48. The Morgan fingerprint density at radius 3 is 2.09 bits per heavy atom. The maximum absolute atomic E-state index is 13.4. The lowest BCUT2D eigenvalue weighted by Gasteiger charge is -2.17. The summed E-state index contributed by atoms with van der Waals surface area (Å²) >= 11 is 0. The second-order valence-corrected chi connectivity index (χ2v) is 6.61. The highest BCUT2D eigenvalue weighted by molar-refractivity contribution is 5.50. The molecule has 0 aliphatic heterocycles. The molecule has 0 radical (unpaired) electrons. The van der Waals surface area contributed by atoms with Crippen LogP contribution in [0.15, 0.2) is 41.4 Å². The highest BCUT2D eigenvalue weighted by atomic mass is 19.4. The molecule has 32 heavy (non-hydrogen) atoms. The smallest absolute Gasteiger partial charge is 0.433 e. The summed E-state index contributed by atoms with van der Waals surface area (Å²) in [6.45, 7) is 6.20. The summed E-state index contributed by atoms with van der Waals surface area (Å²) in [4.78, 5) is 6.80. The van der Waals surface area contributed by atoms with Gasteiger partial charge in [0.2, 0.25) is 5.62 Å². The van der Waals surface area contributed by atoms with Crippen molar-refractivity contribution in [2.75, 3.05) is 6.61 Å². The number of aromatic nitrogens is 2. The van der Waals surface area contributed by atoms with Gasteiger partial charge in [0.05, 0.1) is 16.8 Å². The van der Waals surface area contributed by atoms with E-state index in [1.54, 1.807) is 0 Å². The van der Waals surface area contributed by atoms with E-state index >= 15 is 0 Å². The summed E-state index contributed by atoms with van der Waals surface area (Å²) in [5.74, 6) is -0.406. The molecule has 13 heteroatoms. The summed E-state index contributed by atoms with van der Waals surface area (Å²) in [7, 11) is 0. The van der Waals surface area contributed by atoms with Crippen LogP contribution in [0.5, 0.6) is 5.88 Å². The molecule has 0 atom stereocenters. The van der Waals surface area contributed by atoms with Crippen molar-refractivity contribution >= 4 is 5.69 Å². The van der Waals surface area contributed by atoms with Crippen molar-refractivity contribution in [3.63, 3.8) is 0 Å². The second kappa shape index (κ2) is 8.87. The van der Waals surface area contributed by atoms with Gasteiger partial charge in [-0.1, -0.05) is 6.58 Å². The van der Waals surface area contributed by atoms with Crippen LogP contribution in [-0.2, 0) is 25.1 Å². The van der Waals surface area contributed by atoms with Crippen LogP contribution < -0.4 is 10.4 Å². The van der Waals surface area contributed by atoms with Crippen molar-refractivity contribution in [2.45, 2.75) is 38.9 Å². The van der Waals surface area contributed by atoms with E-state index in [1.165, 1.54) is 13.8 Å². The van der Waals surface area contributed by atoms with Gasteiger partial charge in [-0.3, -0.25) is 4.57 Å². The molecular weight excluding hydrogens is 457 g/mol. The van der Waals surface area contributed by atoms with Gasteiger partial charge in [-0.05, 0) is 37.6 Å². The highest BCUT2D eigenvalue weighted by Gasteiger charge is 2.38. The summed E-state index contributed by atoms with van der Waals surface area (Å²) in [6.07, 6.45) is -15.3. The van der Waals surface area contributed by atoms with Crippen LogP contribution in [0.25, 0.3) is 0 Å². The number of nitrogens with zero attached hydrogens (tertiary/aromatic N) is 3. The van der Waals surface area contributed by atoms with Crippen molar-refractivity contribution in [2.24, 2.45) is 4.99 Å². The molecule has 0 fully saturated rings.